The zero-order valence-corrected chi connectivity index (χ0v) is 13.1. The van der Waals surface area contributed by atoms with Gasteiger partial charge in [-0.2, -0.15) is 0 Å². The molecule has 1 amide bonds. The summed E-state index contributed by atoms with van der Waals surface area (Å²) in [6.45, 7) is 4.86. The molecule has 7 nitrogen and oxygen atoms in total. The van der Waals surface area contributed by atoms with E-state index in [2.05, 4.69) is 27.1 Å². The van der Waals surface area contributed by atoms with Gasteiger partial charge in [0.15, 0.2) is 11.5 Å². The predicted octanol–water partition coefficient (Wildman–Crippen LogP) is 0.724. The lowest BCUT2D eigenvalue weighted by Gasteiger charge is -2.05. The van der Waals surface area contributed by atoms with Gasteiger partial charge in [-0.25, -0.2) is 4.98 Å². The number of hydrogen-bond acceptors (Lipinski definition) is 5. The van der Waals surface area contributed by atoms with Gasteiger partial charge < -0.3 is 19.8 Å². The fourth-order valence-corrected chi connectivity index (χ4v) is 1.73. The quantitative estimate of drug-likeness (QED) is 0.723. The molecule has 0 radical (unpaired) electrons. The standard InChI is InChI=1S/C16H17N3O4/c1-10-18-11(8-14(20)19-10)9-17-15(21)13-5-4-12(23-13)6-7-16(2,3)22/h4-5,8,22H,9H2,1-3H3,(H,17,21)(H,18,19,20). The fraction of sp³-hybridized carbons (Fsp3) is 0.312. The third kappa shape index (κ3) is 5.13. The van der Waals surface area contributed by atoms with Crippen molar-refractivity contribution < 1.29 is 14.3 Å². The van der Waals surface area contributed by atoms with Gasteiger partial charge >= 0.3 is 0 Å². The summed E-state index contributed by atoms with van der Waals surface area (Å²) >= 11 is 0. The van der Waals surface area contributed by atoms with Gasteiger partial charge in [0, 0.05) is 6.07 Å². The minimum Gasteiger partial charge on any atom is -0.443 e. The number of carbonyl (C=O) groups excluding carboxylic acids is 1. The zero-order valence-electron chi connectivity index (χ0n) is 13.1. The average Bonchev–Trinajstić information content (AvgIpc) is 2.90. The third-order valence-corrected chi connectivity index (χ3v) is 2.66. The van der Waals surface area contributed by atoms with Crippen LogP contribution < -0.4 is 10.9 Å². The van der Waals surface area contributed by atoms with Crippen LogP contribution in [-0.4, -0.2) is 26.6 Å². The Morgan fingerprint density at radius 3 is 2.87 bits per heavy atom. The first-order chi connectivity index (χ1) is 10.7. The normalized spacial score (nSPS) is 10.8. The Labute approximate surface area is 132 Å². The number of hydrogen-bond donors (Lipinski definition) is 3. The molecule has 0 saturated carbocycles. The van der Waals surface area contributed by atoms with Gasteiger partial charge in [0.05, 0.1) is 12.2 Å². The summed E-state index contributed by atoms with van der Waals surface area (Å²) in [5.74, 6) is 5.64. The number of amides is 1. The molecule has 0 spiro atoms. The number of nitrogens with zero attached hydrogens (tertiary/aromatic N) is 1. The molecule has 7 heteroatoms. The Morgan fingerprint density at radius 2 is 2.22 bits per heavy atom. The fourth-order valence-electron chi connectivity index (χ4n) is 1.73. The summed E-state index contributed by atoms with van der Waals surface area (Å²) in [4.78, 5) is 29.9. The molecule has 2 aromatic rings. The number of furan rings is 1. The molecule has 0 aliphatic carbocycles. The van der Waals surface area contributed by atoms with E-state index in [0.717, 1.165) is 0 Å². The van der Waals surface area contributed by atoms with Crippen molar-refractivity contribution in [3.8, 4) is 11.8 Å². The Bertz CT molecular complexity index is 831. The lowest BCUT2D eigenvalue weighted by Crippen LogP contribution is -2.24. The van der Waals surface area contributed by atoms with Crippen LogP contribution in [0.15, 0.2) is 27.4 Å². The van der Waals surface area contributed by atoms with Crippen molar-refractivity contribution >= 4 is 5.91 Å². The SMILES string of the molecule is Cc1nc(CNC(=O)c2ccc(C#CC(C)(C)O)o2)cc(=O)[nH]1. The molecule has 0 bridgehead atoms. The van der Waals surface area contributed by atoms with Crippen LogP contribution in [0.5, 0.6) is 0 Å². The summed E-state index contributed by atoms with van der Waals surface area (Å²) in [6.07, 6.45) is 0. The topological polar surface area (TPSA) is 108 Å². The zero-order chi connectivity index (χ0) is 17.0. The lowest BCUT2D eigenvalue weighted by atomic mass is 10.1. The van der Waals surface area contributed by atoms with Gasteiger partial charge in [-0.05, 0) is 38.8 Å². The van der Waals surface area contributed by atoms with Crippen LogP contribution in [0, 0.1) is 18.8 Å². The van der Waals surface area contributed by atoms with E-state index >= 15 is 0 Å². The largest absolute Gasteiger partial charge is 0.443 e. The van der Waals surface area contributed by atoms with Crippen molar-refractivity contribution in [2.45, 2.75) is 32.9 Å². The maximum atomic E-state index is 12.0. The van der Waals surface area contributed by atoms with Gasteiger partial charge in [0.25, 0.3) is 11.5 Å². The van der Waals surface area contributed by atoms with Crippen LogP contribution in [0.3, 0.4) is 0 Å². The molecule has 0 unspecified atom stereocenters. The highest BCUT2D eigenvalue weighted by molar-refractivity contribution is 5.91. The molecule has 0 aromatic carbocycles. The second kappa shape index (κ2) is 6.50. The Kier molecular flexibility index (Phi) is 4.67. The molecule has 0 fully saturated rings. The van der Waals surface area contributed by atoms with E-state index in [-0.39, 0.29) is 23.6 Å². The van der Waals surface area contributed by atoms with E-state index in [1.165, 1.54) is 12.1 Å². The molecular formula is C16H17N3O4. The summed E-state index contributed by atoms with van der Waals surface area (Å²) in [7, 11) is 0. The van der Waals surface area contributed by atoms with Crippen LogP contribution in [0.25, 0.3) is 0 Å². The highest BCUT2D eigenvalue weighted by Gasteiger charge is 2.11. The second-order valence-electron chi connectivity index (χ2n) is 5.48. The highest BCUT2D eigenvalue weighted by Crippen LogP contribution is 2.08. The van der Waals surface area contributed by atoms with Crippen molar-refractivity contribution in [1.29, 1.82) is 0 Å². The van der Waals surface area contributed by atoms with E-state index in [4.69, 9.17) is 4.42 Å². The number of aromatic amines is 1. The molecule has 23 heavy (non-hydrogen) atoms. The van der Waals surface area contributed by atoms with E-state index in [1.807, 2.05) is 0 Å². The number of rotatable bonds is 3. The number of aliphatic hydroxyl groups is 1. The first kappa shape index (κ1) is 16.5. The number of aryl methyl sites for hydroxylation is 1. The van der Waals surface area contributed by atoms with Gasteiger partial charge in [-0.15, -0.1) is 0 Å². The Hall–Kier alpha value is -2.85. The molecule has 2 rings (SSSR count). The van der Waals surface area contributed by atoms with Crippen molar-refractivity contribution in [1.82, 2.24) is 15.3 Å². The molecular weight excluding hydrogens is 298 g/mol. The monoisotopic (exact) mass is 315 g/mol. The number of H-pyrrole nitrogens is 1. The van der Waals surface area contributed by atoms with Crippen molar-refractivity contribution in [3.63, 3.8) is 0 Å². The smallest absolute Gasteiger partial charge is 0.287 e. The second-order valence-corrected chi connectivity index (χ2v) is 5.48. The lowest BCUT2D eigenvalue weighted by molar-refractivity contribution is 0.0922. The maximum absolute atomic E-state index is 12.0. The van der Waals surface area contributed by atoms with E-state index in [1.54, 1.807) is 26.8 Å². The summed E-state index contributed by atoms with van der Waals surface area (Å²) < 4.78 is 5.29. The van der Waals surface area contributed by atoms with Crippen LogP contribution in [0.2, 0.25) is 0 Å². The molecule has 120 valence electrons. The molecule has 2 heterocycles. The number of aromatic nitrogens is 2. The first-order valence-corrected chi connectivity index (χ1v) is 6.93. The Balaban J connectivity index is 2.02. The Morgan fingerprint density at radius 1 is 1.48 bits per heavy atom. The van der Waals surface area contributed by atoms with Gasteiger partial charge in [-0.3, -0.25) is 9.59 Å². The summed E-state index contributed by atoms with van der Waals surface area (Å²) in [5.41, 5.74) is -0.962. The molecule has 0 aliphatic heterocycles. The van der Waals surface area contributed by atoms with Crippen LogP contribution >= 0.6 is 0 Å². The van der Waals surface area contributed by atoms with Crippen molar-refractivity contribution in [3.05, 3.63) is 51.6 Å². The van der Waals surface area contributed by atoms with Crippen LogP contribution in [0.4, 0.5) is 0 Å². The van der Waals surface area contributed by atoms with Crippen molar-refractivity contribution in [2.24, 2.45) is 0 Å². The molecule has 0 atom stereocenters. The maximum Gasteiger partial charge on any atom is 0.287 e. The van der Waals surface area contributed by atoms with E-state index < -0.39 is 11.5 Å². The minimum atomic E-state index is -1.14. The van der Waals surface area contributed by atoms with E-state index in [9.17, 15) is 14.7 Å². The third-order valence-electron chi connectivity index (χ3n) is 2.66. The highest BCUT2D eigenvalue weighted by atomic mass is 16.3. The van der Waals surface area contributed by atoms with Gasteiger partial charge in [0.2, 0.25) is 0 Å². The summed E-state index contributed by atoms with van der Waals surface area (Å²) in [6, 6.07) is 4.35. The van der Waals surface area contributed by atoms with Crippen LogP contribution in [-0.2, 0) is 6.54 Å². The van der Waals surface area contributed by atoms with Crippen LogP contribution in [0.1, 0.15) is 41.7 Å². The molecule has 0 saturated heterocycles. The first-order valence-electron chi connectivity index (χ1n) is 6.93. The predicted molar refractivity (Wildman–Crippen MR) is 82.6 cm³/mol. The number of nitrogens with one attached hydrogen (secondary N) is 2. The molecule has 3 N–H and O–H groups in total. The van der Waals surface area contributed by atoms with Gasteiger partial charge in [0.1, 0.15) is 11.4 Å². The summed E-state index contributed by atoms with van der Waals surface area (Å²) in [5, 5.41) is 12.1. The van der Waals surface area contributed by atoms with E-state index in [0.29, 0.717) is 11.5 Å². The number of carbonyl (C=O) groups is 1. The molecule has 0 aliphatic rings. The molecule has 2 aromatic heterocycles. The minimum absolute atomic E-state index is 0.0895. The average molecular weight is 315 g/mol. The van der Waals surface area contributed by atoms with Crippen molar-refractivity contribution in [2.75, 3.05) is 0 Å². The van der Waals surface area contributed by atoms with Gasteiger partial charge in [-0.1, -0.05) is 5.92 Å².